The number of aromatic nitrogens is 2. The van der Waals surface area contributed by atoms with Crippen LogP contribution in [0.25, 0.3) is 0 Å². The number of ether oxygens (including phenoxy) is 1. The van der Waals surface area contributed by atoms with Crippen molar-refractivity contribution in [2.75, 3.05) is 24.7 Å². The molecule has 1 aliphatic heterocycles. The van der Waals surface area contributed by atoms with E-state index in [4.69, 9.17) is 4.74 Å². The molecule has 0 spiro atoms. The molecule has 0 amide bonds. The van der Waals surface area contributed by atoms with Gasteiger partial charge in [-0.05, 0) is 6.92 Å². The lowest BCUT2D eigenvalue weighted by Crippen LogP contribution is -2.43. The van der Waals surface area contributed by atoms with Gasteiger partial charge < -0.3 is 14.7 Å². The molecule has 0 aliphatic carbocycles. The first-order valence-corrected chi connectivity index (χ1v) is 7.53. The highest BCUT2D eigenvalue weighted by molar-refractivity contribution is 7.09. The van der Waals surface area contributed by atoms with Crippen LogP contribution in [0.15, 0.2) is 0 Å². The van der Waals surface area contributed by atoms with Crippen LogP contribution in [0.5, 0.6) is 0 Å². The molecule has 6 nitrogen and oxygen atoms in total. The third-order valence-electron chi connectivity index (χ3n) is 3.44. The Morgan fingerprint density at radius 1 is 1.50 bits per heavy atom. The lowest BCUT2D eigenvalue weighted by Gasteiger charge is -2.28. The van der Waals surface area contributed by atoms with Gasteiger partial charge in [-0.1, -0.05) is 20.8 Å². The van der Waals surface area contributed by atoms with E-state index >= 15 is 0 Å². The number of nitrogens with zero attached hydrogens (tertiary/aromatic N) is 3. The Hall–Kier alpha value is -1.21. The van der Waals surface area contributed by atoms with Gasteiger partial charge in [-0.3, -0.25) is 4.79 Å². The zero-order valence-electron chi connectivity index (χ0n) is 12.3. The molecule has 20 heavy (non-hydrogen) atoms. The van der Waals surface area contributed by atoms with Crippen molar-refractivity contribution in [2.45, 2.75) is 39.2 Å². The van der Waals surface area contributed by atoms with Crippen LogP contribution in [0.3, 0.4) is 0 Å². The molecule has 0 radical (unpaired) electrons. The second-order valence-corrected chi connectivity index (χ2v) is 6.72. The predicted octanol–water partition coefficient (Wildman–Crippen LogP) is 1.76. The van der Waals surface area contributed by atoms with Crippen molar-refractivity contribution >= 4 is 22.6 Å². The molecule has 7 heteroatoms. The van der Waals surface area contributed by atoms with E-state index in [2.05, 4.69) is 30.1 Å². The van der Waals surface area contributed by atoms with Crippen molar-refractivity contribution in [3.8, 4) is 0 Å². The average Bonchev–Trinajstić information content (AvgIpc) is 2.97. The van der Waals surface area contributed by atoms with Crippen LogP contribution in [-0.2, 0) is 14.9 Å². The third-order valence-corrected chi connectivity index (χ3v) is 4.19. The maximum absolute atomic E-state index is 11.3. The molecule has 0 saturated carbocycles. The molecule has 0 aromatic carbocycles. The number of hydrogen-bond acceptors (Lipinski definition) is 6. The van der Waals surface area contributed by atoms with Crippen LogP contribution in [0, 0.1) is 5.92 Å². The Bertz CT molecular complexity index is 483. The van der Waals surface area contributed by atoms with E-state index in [0.717, 1.165) is 11.0 Å². The van der Waals surface area contributed by atoms with Gasteiger partial charge in [0, 0.05) is 23.5 Å². The van der Waals surface area contributed by atoms with Crippen molar-refractivity contribution in [3.05, 3.63) is 5.82 Å². The molecule has 2 atom stereocenters. The second-order valence-electron chi connectivity index (χ2n) is 5.99. The molecule has 1 aromatic rings. The van der Waals surface area contributed by atoms with E-state index in [1.165, 1.54) is 11.5 Å². The minimum Gasteiger partial charge on any atom is -0.481 e. The number of anilines is 1. The summed E-state index contributed by atoms with van der Waals surface area (Å²) in [5.41, 5.74) is -0.105. The van der Waals surface area contributed by atoms with Crippen molar-refractivity contribution < 1.29 is 14.6 Å². The standard InChI is InChI=1S/C13H21N3O3S/c1-5-16(9-7-19-6-8(9)10(17)18)12-14-11(15-20-12)13(2,3)4/h8-9H,5-7H2,1-4H3,(H,17,18). The Morgan fingerprint density at radius 2 is 2.20 bits per heavy atom. The fraction of sp³-hybridized carbons (Fsp3) is 0.769. The van der Waals surface area contributed by atoms with E-state index in [-0.39, 0.29) is 18.1 Å². The topological polar surface area (TPSA) is 75.5 Å². The molecule has 2 heterocycles. The summed E-state index contributed by atoms with van der Waals surface area (Å²) in [5, 5.41) is 10.0. The van der Waals surface area contributed by atoms with Gasteiger partial charge in [-0.2, -0.15) is 4.37 Å². The number of carboxylic acids is 1. The normalized spacial score (nSPS) is 23.0. The Kier molecular flexibility index (Phi) is 4.29. The quantitative estimate of drug-likeness (QED) is 0.913. The van der Waals surface area contributed by atoms with E-state index in [1.54, 1.807) is 0 Å². The van der Waals surface area contributed by atoms with Crippen LogP contribution in [-0.4, -0.2) is 46.2 Å². The minimum atomic E-state index is -0.813. The molecule has 1 N–H and O–H groups in total. The lowest BCUT2D eigenvalue weighted by molar-refractivity contribution is -0.141. The summed E-state index contributed by atoms with van der Waals surface area (Å²) < 4.78 is 9.74. The molecule has 2 unspecified atom stereocenters. The first-order valence-electron chi connectivity index (χ1n) is 6.76. The van der Waals surface area contributed by atoms with Crippen LogP contribution in [0.1, 0.15) is 33.5 Å². The van der Waals surface area contributed by atoms with Crippen molar-refractivity contribution in [1.29, 1.82) is 0 Å². The zero-order chi connectivity index (χ0) is 14.9. The minimum absolute atomic E-state index is 0.105. The zero-order valence-corrected chi connectivity index (χ0v) is 13.1. The van der Waals surface area contributed by atoms with E-state index in [0.29, 0.717) is 13.2 Å². The van der Waals surface area contributed by atoms with E-state index in [1.807, 2.05) is 11.8 Å². The smallest absolute Gasteiger partial charge is 0.311 e. The summed E-state index contributed by atoms with van der Waals surface area (Å²) in [6.45, 7) is 9.57. The molecule has 1 fully saturated rings. The first-order chi connectivity index (χ1) is 9.34. The summed E-state index contributed by atoms with van der Waals surface area (Å²) in [6, 6.07) is -0.168. The number of carbonyl (C=O) groups is 1. The summed E-state index contributed by atoms with van der Waals surface area (Å²) >= 11 is 1.33. The van der Waals surface area contributed by atoms with Crippen molar-refractivity contribution in [3.63, 3.8) is 0 Å². The van der Waals surface area contributed by atoms with Gasteiger partial charge in [-0.25, -0.2) is 4.98 Å². The van der Waals surface area contributed by atoms with Gasteiger partial charge in [0.25, 0.3) is 0 Å². The fourth-order valence-corrected chi connectivity index (χ4v) is 3.21. The maximum atomic E-state index is 11.3. The highest BCUT2D eigenvalue weighted by Crippen LogP contribution is 2.30. The van der Waals surface area contributed by atoms with Gasteiger partial charge >= 0.3 is 5.97 Å². The predicted molar refractivity (Wildman–Crippen MR) is 77.4 cm³/mol. The van der Waals surface area contributed by atoms with E-state index in [9.17, 15) is 9.90 Å². The molecule has 112 valence electrons. The number of hydrogen-bond donors (Lipinski definition) is 1. The monoisotopic (exact) mass is 299 g/mol. The van der Waals surface area contributed by atoms with Crippen LogP contribution < -0.4 is 4.90 Å². The molecule has 2 rings (SSSR count). The van der Waals surface area contributed by atoms with Gasteiger partial charge in [0.2, 0.25) is 5.13 Å². The molecular weight excluding hydrogens is 278 g/mol. The maximum Gasteiger partial charge on any atom is 0.311 e. The van der Waals surface area contributed by atoms with Crippen LogP contribution >= 0.6 is 11.5 Å². The Labute approximate surface area is 122 Å². The first kappa shape index (κ1) is 15.2. The van der Waals surface area contributed by atoms with E-state index < -0.39 is 11.9 Å². The van der Waals surface area contributed by atoms with Gasteiger partial charge in [0.05, 0.1) is 19.3 Å². The SMILES string of the molecule is CCN(c1nc(C(C)(C)C)ns1)C1COCC1C(=O)O. The Morgan fingerprint density at radius 3 is 2.70 bits per heavy atom. The fourth-order valence-electron chi connectivity index (χ4n) is 2.23. The van der Waals surface area contributed by atoms with Crippen molar-refractivity contribution in [1.82, 2.24) is 9.36 Å². The number of rotatable bonds is 4. The largest absolute Gasteiger partial charge is 0.481 e. The average molecular weight is 299 g/mol. The molecule has 0 bridgehead atoms. The van der Waals surface area contributed by atoms with Crippen molar-refractivity contribution in [2.24, 2.45) is 5.92 Å². The Balaban J connectivity index is 2.24. The molecule has 1 saturated heterocycles. The summed E-state index contributed by atoms with van der Waals surface area (Å²) in [6.07, 6.45) is 0. The lowest BCUT2D eigenvalue weighted by atomic mass is 9.96. The van der Waals surface area contributed by atoms with Gasteiger partial charge in [0.15, 0.2) is 0 Å². The summed E-state index contributed by atoms with van der Waals surface area (Å²) in [5.74, 6) is -0.523. The summed E-state index contributed by atoms with van der Waals surface area (Å²) in [4.78, 5) is 17.9. The van der Waals surface area contributed by atoms with Crippen LogP contribution in [0.2, 0.25) is 0 Å². The van der Waals surface area contributed by atoms with Gasteiger partial charge in [-0.15, -0.1) is 0 Å². The number of likely N-dealkylation sites (N-methyl/N-ethyl adjacent to an activating group) is 1. The third kappa shape index (κ3) is 2.93. The van der Waals surface area contributed by atoms with Crippen LogP contribution in [0.4, 0.5) is 5.13 Å². The highest BCUT2D eigenvalue weighted by Gasteiger charge is 2.39. The molecule has 1 aliphatic rings. The second kappa shape index (κ2) is 5.65. The molecular formula is C13H21N3O3S. The van der Waals surface area contributed by atoms with Gasteiger partial charge in [0.1, 0.15) is 11.7 Å². The number of aliphatic carboxylic acids is 1. The number of carboxylic acid groups (broad SMARTS) is 1. The highest BCUT2D eigenvalue weighted by atomic mass is 32.1. The summed E-state index contributed by atoms with van der Waals surface area (Å²) in [7, 11) is 0. The molecule has 1 aromatic heterocycles.